The largest absolute Gasteiger partial charge is 0.379 e. The molecular weight excluding hydrogens is 382 g/mol. The Bertz CT molecular complexity index is 993. The van der Waals surface area contributed by atoms with E-state index < -0.39 is 0 Å². The zero-order valence-electron chi connectivity index (χ0n) is 18.2. The van der Waals surface area contributed by atoms with E-state index in [-0.39, 0.29) is 18.4 Å². The Kier molecular flexibility index (Phi) is 5.64. The average molecular weight is 412 g/mol. The van der Waals surface area contributed by atoms with Gasteiger partial charge in [-0.05, 0) is 26.3 Å². The molecule has 9 heteroatoms. The number of hydrazine groups is 1. The highest BCUT2D eigenvalue weighted by molar-refractivity contribution is 5.79. The first-order valence-corrected chi connectivity index (χ1v) is 10.4. The van der Waals surface area contributed by atoms with Crippen molar-refractivity contribution in [1.82, 2.24) is 24.6 Å². The molecule has 30 heavy (non-hydrogen) atoms. The van der Waals surface area contributed by atoms with Crippen LogP contribution in [-0.4, -0.2) is 64.2 Å². The number of nitrogens with one attached hydrogen (secondary N) is 1. The van der Waals surface area contributed by atoms with Gasteiger partial charge in [0.1, 0.15) is 17.4 Å². The summed E-state index contributed by atoms with van der Waals surface area (Å²) in [7, 11) is 3.93. The molecule has 1 fully saturated rings. The van der Waals surface area contributed by atoms with Gasteiger partial charge in [0.05, 0.1) is 31.1 Å². The molecule has 1 unspecified atom stereocenters. The number of anilines is 1. The highest BCUT2D eigenvalue weighted by Gasteiger charge is 2.33. The number of nitrogens with zero attached hydrogens (tertiary/aromatic N) is 6. The van der Waals surface area contributed by atoms with Gasteiger partial charge in [-0.2, -0.15) is 15.3 Å². The number of aromatic nitrogens is 3. The van der Waals surface area contributed by atoms with Crippen LogP contribution >= 0.6 is 0 Å². The third-order valence-corrected chi connectivity index (χ3v) is 5.80. The van der Waals surface area contributed by atoms with Gasteiger partial charge in [0.25, 0.3) is 0 Å². The van der Waals surface area contributed by atoms with Crippen molar-refractivity contribution < 1.29 is 9.47 Å². The number of nitriles is 1. The van der Waals surface area contributed by atoms with Crippen molar-refractivity contribution in [2.45, 2.75) is 45.6 Å². The molecule has 2 aliphatic rings. The van der Waals surface area contributed by atoms with Crippen molar-refractivity contribution in [2.24, 2.45) is 5.92 Å². The fourth-order valence-corrected chi connectivity index (χ4v) is 4.12. The lowest BCUT2D eigenvalue weighted by Gasteiger charge is -2.28. The molecule has 160 valence electrons. The van der Waals surface area contributed by atoms with Crippen LogP contribution in [0.2, 0.25) is 0 Å². The second-order valence-electron chi connectivity index (χ2n) is 8.15. The maximum atomic E-state index is 9.70. The predicted molar refractivity (Wildman–Crippen MR) is 113 cm³/mol. The van der Waals surface area contributed by atoms with Gasteiger partial charge in [-0.3, -0.25) is 0 Å². The maximum Gasteiger partial charge on any atom is 0.229 e. The molecule has 4 rings (SSSR count). The summed E-state index contributed by atoms with van der Waals surface area (Å²) < 4.78 is 13.8. The average Bonchev–Trinajstić information content (AvgIpc) is 3.39. The maximum absolute atomic E-state index is 9.70. The van der Waals surface area contributed by atoms with Crippen LogP contribution in [0, 0.1) is 17.2 Å². The molecular formula is C21H29N7O2. The van der Waals surface area contributed by atoms with Crippen molar-refractivity contribution in [3.05, 3.63) is 29.9 Å². The minimum atomic E-state index is -0.247. The van der Waals surface area contributed by atoms with E-state index in [1.54, 1.807) is 6.20 Å². The molecule has 1 N–H and O–H groups in total. The minimum absolute atomic E-state index is 0.0707. The topological polar surface area (TPSA) is 91.5 Å². The first kappa shape index (κ1) is 20.6. The Morgan fingerprint density at radius 3 is 2.87 bits per heavy atom. The van der Waals surface area contributed by atoms with Crippen molar-refractivity contribution in [1.29, 1.82) is 5.26 Å². The molecule has 3 atom stereocenters. The summed E-state index contributed by atoms with van der Waals surface area (Å²) in [5.41, 5.74) is 2.20. The third-order valence-electron chi connectivity index (χ3n) is 5.80. The van der Waals surface area contributed by atoms with Crippen LogP contribution in [0.4, 0.5) is 5.95 Å². The van der Waals surface area contributed by atoms with Gasteiger partial charge in [-0.25, -0.2) is 4.98 Å². The second kappa shape index (κ2) is 8.22. The lowest BCUT2D eigenvalue weighted by molar-refractivity contribution is -0.103. The number of likely N-dealkylation sites (N-methyl/N-ethyl adjacent to an activating group) is 1. The molecule has 2 aromatic rings. The first-order chi connectivity index (χ1) is 14.4. The number of hydrogen-bond donors (Lipinski definition) is 1. The highest BCUT2D eigenvalue weighted by Crippen LogP contribution is 2.33. The molecule has 9 nitrogen and oxygen atoms in total. The van der Waals surface area contributed by atoms with Gasteiger partial charge in [0, 0.05) is 37.8 Å². The lowest BCUT2D eigenvalue weighted by atomic mass is 10.0. The summed E-state index contributed by atoms with van der Waals surface area (Å²) in [6, 6.07) is 4.27. The van der Waals surface area contributed by atoms with Gasteiger partial charge in [0.15, 0.2) is 6.23 Å². The van der Waals surface area contributed by atoms with E-state index in [1.165, 1.54) is 0 Å². The summed E-state index contributed by atoms with van der Waals surface area (Å²) in [6.45, 7) is 7.48. The first-order valence-electron chi connectivity index (χ1n) is 10.4. The Morgan fingerprint density at radius 1 is 1.37 bits per heavy atom. The van der Waals surface area contributed by atoms with Crippen LogP contribution in [0.5, 0.6) is 0 Å². The van der Waals surface area contributed by atoms with Crippen LogP contribution in [0.25, 0.3) is 11.0 Å². The number of rotatable bonds is 6. The van der Waals surface area contributed by atoms with E-state index in [2.05, 4.69) is 23.3 Å². The van der Waals surface area contributed by atoms with E-state index in [0.717, 1.165) is 23.2 Å². The SMILES string of the molecule is CC[C@@H]1COC[C@H]1n1c(C#N)cc2cnc(NC3=CN(C)N(C)C3OC(C)C)nc21. The number of hydrogen-bond acceptors (Lipinski definition) is 8. The van der Waals surface area contributed by atoms with Gasteiger partial charge in [-0.15, -0.1) is 0 Å². The molecule has 0 spiro atoms. The molecule has 2 aromatic heterocycles. The third kappa shape index (κ3) is 3.62. The number of fused-ring (bicyclic) bond motifs is 1. The molecule has 0 bridgehead atoms. The molecule has 2 aliphatic heterocycles. The van der Waals surface area contributed by atoms with Gasteiger partial charge >= 0.3 is 0 Å². The van der Waals surface area contributed by atoms with Crippen molar-refractivity contribution in [3.8, 4) is 6.07 Å². The second-order valence-corrected chi connectivity index (χ2v) is 8.15. The normalized spacial score (nSPS) is 24.6. The van der Waals surface area contributed by atoms with Crippen LogP contribution in [-0.2, 0) is 9.47 Å². The standard InChI is InChI=1S/C21H29N7O2/c1-6-14-11-29-12-18(14)28-16(8-22)7-15-9-23-21(25-19(15)28)24-17-10-26(4)27(5)20(17)30-13(2)3/h7,9-10,13-14,18,20H,6,11-12H2,1-5H3,(H,23,24,25)/t14-,18-,20?/m1/s1. The predicted octanol–water partition coefficient (Wildman–Crippen LogP) is 2.70. The fraction of sp³-hybridized carbons (Fsp3) is 0.571. The van der Waals surface area contributed by atoms with Crippen LogP contribution in [0.1, 0.15) is 38.9 Å². The van der Waals surface area contributed by atoms with Gasteiger partial charge in [-0.1, -0.05) is 6.92 Å². The molecule has 4 heterocycles. The molecule has 0 amide bonds. The zero-order valence-corrected chi connectivity index (χ0v) is 18.2. The Labute approximate surface area is 176 Å². The van der Waals surface area contributed by atoms with E-state index in [0.29, 0.717) is 30.8 Å². The summed E-state index contributed by atoms with van der Waals surface area (Å²) in [5, 5.41) is 17.8. The lowest BCUT2D eigenvalue weighted by Crippen LogP contribution is -2.40. The summed E-state index contributed by atoms with van der Waals surface area (Å²) >= 11 is 0. The van der Waals surface area contributed by atoms with E-state index in [1.807, 2.05) is 54.8 Å². The molecule has 1 saturated heterocycles. The highest BCUT2D eigenvalue weighted by atomic mass is 16.5. The Balaban J connectivity index is 1.69. The van der Waals surface area contributed by atoms with Crippen LogP contribution in [0.15, 0.2) is 24.2 Å². The molecule has 0 aliphatic carbocycles. The van der Waals surface area contributed by atoms with E-state index in [4.69, 9.17) is 14.5 Å². The fourth-order valence-electron chi connectivity index (χ4n) is 4.12. The smallest absolute Gasteiger partial charge is 0.229 e. The Morgan fingerprint density at radius 2 is 2.17 bits per heavy atom. The molecule has 0 aromatic carbocycles. The van der Waals surface area contributed by atoms with Gasteiger partial charge in [0.2, 0.25) is 5.95 Å². The monoisotopic (exact) mass is 411 g/mol. The van der Waals surface area contributed by atoms with Crippen molar-refractivity contribution >= 4 is 17.0 Å². The quantitative estimate of drug-likeness (QED) is 0.776. The van der Waals surface area contributed by atoms with Crippen molar-refractivity contribution in [3.63, 3.8) is 0 Å². The van der Waals surface area contributed by atoms with E-state index >= 15 is 0 Å². The van der Waals surface area contributed by atoms with Crippen LogP contribution < -0.4 is 5.32 Å². The summed E-state index contributed by atoms with van der Waals surface area (Å²) in [5.74, 6) is 0.841. The summed E-state index contributed by atoms with van der Waals surface area (Å²) in [6.07, 6.45) is 4.55. The van der Waals surface area contributed by atoms with E-state index in [9.17, 15) is 5.26 Å². The van der Waals surface area contributed by atoms with Gasteiger partial charge < -0.3 is 24.4 Å². The molecule has 0 radical (unpaired) electrons. The number of ether oxygens (including phenoxy) is 2. The van der Waals surface area contributed by atoms with Crippen molar-refractivity contribution in [2.75, 3.05) is 32.6 Å². The Hall–Kier alpha value is -2.67. The van der Waals surface area contributed by atoms with Crippen LogP contribution in [0.3, 0.4) is 0 Å². The summed E-state index contributed by atoms with van der Waals surface area (Å²) in [4.78, 5) is 9.26. The minimum Gasteiger partial charge on any atom is -0.379 e. The molecule has 0 saturated carbocycles. The zero-order chi connectivity index (χ0) is 21.4.